The predicted molar refractivity (Wildman–Crippen MR) is 77.9 cm³/mol. The van der Waals surface area contributed by atoms with Crippen LogP contribution in [0, 0.1) is 0 Å². The number of pyridine rings is 1. The summed E-state index contributed by atoms with van der Waals surface area (Å²) in [6.45, 7) is 0.295. The molecule has 1 N–H and O–H groups in total. The van der Waals surface area contributed by atoms with E-state index in [0.29, 0.717) is 6.61 Å². The van der Waals surface area contributed by atoms with E-state index in [9.17, 15) is 4.79 Å². The van der Waals surface area contributed by atoms with Crippen LogP contribution in [-0.2, 0) is 11.2 Å². The number of rotatable bonds is 7. The molecule has 4 heteroatoms. The highest BCUT2D eigenvalue weighted by molar-refractivity contribution is 5.78. The lowest BCUT2D eigenvalue weighted by atomic mass is 10.1. The number of aryl methyl sites for hydroxylation is 1. The van der Waals surface area contributed by atoms with Gasteiger partial charge in [0.25, 0.3) is 0 Å². The number of ether oxygens (including phenoxy) is 1. The Morgan fingerprint density at radius 3 is 2.70 bits per heavy atom. The standard InChI is InChI=1S/C16H19NO3/c18-16(19)20-12-6-2-1-3-8-14-11-10-13-7-4-5-9-15(13)17-14/h4-5,7,9-11H,1-3,6,8,12H2,(H,18,19). The van der Waals surface area contributed by atoms with E-state index in [1.165, 1.54) is 5.39 Å². The molecule has 0 fully saturated rings. The van der Waals surface area contributed by atoms with Gasteiger partial charge in [0.2, 0.25) is 0 Å². The summed E-state index contributed by atoms with van der Waals surface area (Å²) in [5.74, 6) is 0. The summed E-state index contributed by atoms with van der Waals surface area (Å²) in [4.78, 5) is 14.8. The van der Waals surface area contributed by atoms with Gasteiger partial charge < -0.3 is 9.84 Å². The van der Waals surface area contributed by atoms with Crippen molar-refractivity contribution >= 4 is 17.1 Å². The topological polar surface area (TPSA) is 59.4 Å². The molecule has 0 bridgehead atoms. The van der Waals surface area contributed by atoms with Crippen molar-refractivity contribution in [3.63, 3.8) is 0 Å². The number of hydrogen-bond donors (Lipinski definition) is 1. The summed E-state index contributed by atoms with van der Waals surface area (Å²) >= 11 is 0. The zero-order chi connectivity index (χ0) is 14.2. The number of aromatic nitrogens is 1. The molecule has 1 aromatic heterocycles. The Morgan fingerprint density at radius 1 is 1.05 bits per heavy atom. The second kappa shape index (κ2) is 7.48. The van der Waals surface area contributed by atoms with E-state index in [4.69, 9.17) is 5.11 Å². The fraction of sp³-hybridized carbons (Fsp3) is 0.375. The van der Waals surface area contributed by atoms with E-state index in [1.54, 1.807) is 0 Å². The van der Waals surface area contributed by atoms with E-state index in [-0.39, 0.29) is 0 Å². The third-order valence-electron chi connectivity index (χ3n) is 3.21. The number of fused-ring (bicyclic) bond motifs is 1. The monoisotopic (exact) mass is 273 g/mol. The van der Waals surface area contributed by atoms with Gasteiger partial charge in [0, 0.05) is 11.1 Å². The van der Waals surface area contributed by atoms with Crippen molar-refractivity contribution in [1.29, 1.82) is 0 Å². The molecule has 1 aromatic carbocycles. The highest BCUT2D eigenvalue weighted by atomic mass is 16.7. The van der Waals surface area contributed by atoms with Crippen molar-refractivity contribution in [2.24, 2.45) is 0 Å². The molecule has 0 unspecified atom stereocenters. The molecule has 0 aliphatic carbocycles. The molecule has 2 rings (SSSR count). The highest BCUT2D eigenvalue weighted by Crippen LogP contribution is 2.13. The molecule has 20 heavy (non-hydrogen) atoms. The molecule has 4 nitrogen and oxygen atoms in total. The minimum Gasteiger partial charge on any atom is -0.450 e. The van der Waals surface area contributed by atoms with Gasteiger partial charge >= 0.3 is 6.16 Å². The fourth-order valence-corrected chi connectivity index (χ4v) is 2.17. The lowest BCUT2D eigenvalue weighted by molar-refractivity contribution is 0.0900. The number of benzene rings is 1. The van der Waals surface area contributed by atoms with Crippen molar-refractivity contribution in [2.45, 2.75) is 32.1 Å². The first kappa shape index (κ1) is 14.3. The van der Waals surface area contributed by atoms with Crippen molar-refractivity contribution in [1.82, 2.24) is 4.98 Å². The largest absolute Gasteiger partial charge is 0.505 e. The lowest BCUT2D eigenvalue weighted by Crippen LogP contribution is -2.01. The van der Waals surface area contributed by atoms with Gasteiger partial charge in [-0.2, -0.15) is 0 Å². The molecule has 0 amide bonds. The van der Waals surface area contributed by atoms with Crippen LogP contribution in [0.5, 0.6) is 0 Å². The molecule has 0 atom stereocenters. The van der Waals surface area contributed by atoms with Gasteiger partial charge in [0.15, 0.2) is 0 Å². The number of nitrogens with zero attached hydrogens (tertiary/aromatic N) is 1. The first-order chi connectivity index (χ1) is 9.75. The second-order valence-corrected chi connectivity index (χ2v) is 4.77. The number of unbranched alkanes of at least 4 members (excludes halogenated alkanes) is 3. The summed E-state index contributed by atoms with van der Waals surface area (Å²) in [5, 5.41) is 9.49. The quantitative estimate of drug-likeness (QED) is 0.611. The summed E-state index contributed by atoms with van der Waals surface area (Å²) in [6.07, 6.45) is 3.68. The first-order valence-corrected chi connectivity index (χ1v) is 6.96. The van der Waals surface area contributed by atoms with E-state index in [1.807, 2.05) is 18.2 Å². The van der Waals surface area contributed by atoms with Gasteiger partial charge in [-0.25, -0.2) is 4.79 Å². The second-order valence-electron chi connectivity index (χ2n) is 4.77. The third kappa shape index (κ3) is 4.53. The normalized spacial score (nSPS) is 10.6. The first-order valence-electron chi connectivity index (χ1n) is 6.96. The molecule has 0 aliphatic heterocycles. The highest BCUT2D eigenvalue weighted by Gasteiger charge is 1.99. The molecule has 0 saturated carbocycles. The number of carboxylic acid groups (broad SMARTS) is 1. The summed E-state index contributed by atoms with van der Waals surface area (Å²) in [7, 11) is 0. The average Bonchev–Trinajstić information content (AvgIpc) is 2.46. The summed E-state index contributed by atoms with van der Waals surface area (Å²) < 4.78 is 4.46. The molecular weight excluding hydrogens is 254 g/mol. The van der Waals surface area contributed by atoms with E-state index in [2.05, 4.69) is 27.9 Å². The molecule has 0 aliphatic rings. The van der Waals surface area contributed by atoms with E-state index >= 15 is 0 Å². The van der Waals surface area contributed by atoms with Crippen LogP contribution in [0.2, 0.25) is 0 Å². The van der Waals surface area contributed by atoms with Crippen LogP contribution >= 0.6 is 0 Å². The Kier molecular flexibility index (Phi) is 5.35. The minimum atomic E-state index is -1.19. The Morgan fingerprint density at radius 2 is 1.85 bits per heavy atom. The Hall–Kier alpha value is -2.10. The van der Waals surface area contributed by atoms with Gasteiger partial charge in [-0.3, -0.25) is 4.98 Å². The fourth-order valence-electron chi connectivity index (χ4n) is 2.17. The third-order valence-corrected chi connectivity index (χ3v) is 3.21. The van der Waals surface area contributed by atoms with Crippen LogP contribution in [-0.4, -0.2) is 22.9 Å². The number of carbonyl (C=O) groups is 1. The van der Waals surface area contributed by atoms with Crippen molar-refractivity contribution in [3.05, 3.63) is 42.1 Å². The number of para-hydroxylation sites is 1. The van der Waals surface area contributed by atoms with Gasteiger partial charge in [0.05, 0.1) is 12.1 Å². The van der Waals surface area contributed by atoms with Crippen LogP contribution in [0.25, 0.3) is 10.9 Å². The maximum Gasteiger partial charge on any atom is 0.505 e. The van der Waals surface area contributed by atoms with E-state index in [0.717, 1.165) is 43.3 Å². The van der Waals surface area contributed by atoms with Crippen molar-refractivity contribution in [3.8, 4) is 0 Å². The zero-order valence-electron chi connectivity index (χ0n) is 11.4. The molecule has 1 heterocycles. The van der Waals surface area contributed by atoms with Gasteiger partial charge in [-0.05, 0) is 31.4 Å². The van der Waals surface area contributed by atoms with Crippen molar-refractivity contribution < 1.29 is 14.6 Å². The average molecular weight is 273 g/mol. The van der Waals surface area contributed by atoms with Crippen LogP contribution in [0.15, 0.2) is 36.4 Å². The van der Waals surface area contributed by atoms with Crippen molar-refractivity contribution in [2.75, 3.05) is 6.61 Å². The Balaban J connectivity index is 1.69. The van der Waals surface area contributed by atoms with Crippen LogP contribution in [0.4, 0.5) is 4.79 Å². The van der Waals surface area contributed by atoms with Crippen LogP contribution in [0.1, 0.15) is 31.4 Å². The van der Waals surface area contributed by atoms with Gasteiger partial charge in [0.1, 0.15) is 0 Å². The molecule has 2 aromatic rings. The lowest BCUT2D eigenvalue weighted by Gasteiger charge is -2.03. The Bertz CT molecular complexity index is 568. The van der Waals surface area contributed by atoms with Gasteiger partial charge in [-0.1, -0.05) is 37.1 Å². The molecule has 106 valence electrons. The smallest absolute Gasteiger partial charge is 0.450 e. The number of hydrogen-bond acceptors (Lipinski definition) is 3. The van der Waals surface area contributed by atoms with E-state index < -0.39 is 6.16 Å². The molecule has 0 spiro atoms. The van der Waals surface area contributed by atoms with Gasteiger partial charge in [-0.15, -0.1) is 0 Å². The minimum absolute atomic E-state index is 0.295. The molecular formula is C16H19NO3. The zero-order valence-corrected chi connectivity index (χ0v) is 11.4. The molecule has 0 radical (unpaired) electrons. The maximum atomic E-state index is 10.1. The summed E-state index contributed by atoms with van der Waals surface area (Å²) in [6, 6.07) is 12.3. The SMILES string of the molecule is O=C(O)OCCCCCCc1ccc2ccccc2n1. The predicted octanol–water partition coefficient (Wildman–Crippen LogP) is 4.03. The maximum absolute atomic E-state index is 10.1. The summed E-state index contributed by atoms with van der Waals surface area (Å²) in [5.41, 5.74) is 2.16. The molecule has 0 saturated heterocycles. The van der Waals surface area contributed by atoms with Crippen LogP contribution < -0.4 is 0 Å². The Labute approximate surface area is 118 Å². The van der Waals surface area contributed by atoms with Crippen LogP contribution in [0.3, 0.4) is 0 Å².